The van der Waals surface area contributed by atoms with Crippen LogP contribution in [0.2, 0.25) is 0 Å². The summed E-state index contributed by atoms with van der Waals surface area (Å²) in [4.78, 5) is 12.3. The first kappa shape index (κ1) is 22.7. The van der Waals surface area contributed by atoms with Crippen LogP contribution < -0.4 is 5.73 Å². The van der Waals surface area contributed by atoms with E-state index < -0.39 is 11.1 Å². The van der Waals surface area contributed by atoms with Crippen molar-refractivity contribution in [3.05, 3.63) is 78.1 Å². The molecule has 8 heteroatoms. The highest BCUT2D eigenvalue weighted by molar-refractivity contribution is 5.86. The molecule has 8 nitrogen and oxygen atoms in total. The third kappa shape index (κ3) is 3.83. The maximum Gasteiger partial charge on any atom is 0.166 e. The highest BCUT2D eigenvalue weighted by Gasteiger charge is 2.49. The normalized spacial score (nSPS) is 21.8. The Morgan fingerprint density at radius 3 is 2.22 bits per heavy atom. The van der Waals surface area contributed by atoms with Gasteiger partial charge in [0.05, 0.1) is 23.5 Å². The average Bonchev–Trinajstić information content (AvgIpc) is 3.25. The Morgan fingerprint density at radius 2 is 1.56 bits per heavy atom. The standard InChI is InChI=1S/C28H29N7O/c1-27(36)16-28(29,17-27)20-11-9-19(10-12-20)24-25(18-7-5-4-6-8-18)31-26-21(30-24)13-14-22-32-33-23(35(22)26)15-34(2)3/h4-14,36H,15-17,29H2,1-3H3. The van der Waals surface area contributed by atoms with Crippen LogP contribution in [0.1, 0.15) is 31.2 Å². The molecule has 0 unspecified atom stereocenters. The van der Waals surface area contributed by atoms with E-state index in [2.05, 4.69) is 15.1 Å². The second-order valence-electron chi connectivity index (χ2n) is 10.5. The van der Waals surface area contributed by atoms with E-state index in [4.69, 9.17) is 15.7 Å². The van der Waals surface area contributed by atoms with Crippen LogP contribution >= 0.6 is 0 Å². The smallest absolute Gasteiger partial charge is 0.166 e. The Morgan fingerprint density at radius 1 is 0.889 bits per heavy atom. The number of hydrogen-bond donors (Lipinski definition) is 2. The van der Waals surface area contributed by atoms with Crippen LogP contribution in [0.3, 0.4) is 0 Å². The quantitative estimate of drug-likeness (QED) is 0.395. The summed E-state index contributed by atoms with van der Waals surface area (Å²) in [5.41, 5.74) is 12.2. The molecule has 5 aromatic rings. The van der Waals surface area contributed by atoms with Gasteiger partial charge in [0.25, 0.3) is 0 Å². The number of rotatable bonds is 5. The van der Waals surface area contributed by atoms with Crippen molar-refractivity contribution in [3.63, 3.8) is 0 Å². The minimum absolute atomic E-state index is 0.498. The van der Waals surface area contributed by atoms with Gasteiger partial charge in [0.1, 0.15) is 5.52 Å². The fourth-order valence-corrected chi connectivity index (χ4v) is 5.39. The third-order valence-corrected chi connectivity index (χ3v) is 6.89. The fraction of sp³-hybridized carbons (Fsp3) is 0.286. The molecule has 36 heavy (non-hydrogen) atoms. The molecular formula is C28H29N7O. The molecule has 0 spiro atoms. The van der Waals surface area contributed by atoms with Crippen molar-refractivity contribution in [2.24, 2.45) is 5.73 Å². The third-order valence-electron chi connectivity index (χ3n) is 6.89. The number of aliphatic hydroxyl groups is 1. The van der Waals surface area contributed by atoms with Crippen LogP contribution in [0.25, 0.3) is 39.3 Å². The molecule has 6 rings (SSSR count). The summed E-state index contributed by atoms with van der Waals surface area (Å²) in [6.45, 7) is 2.47. The molecule has 1 aliphatic carbocycles. The number of pyridine rings is 1. The zero-order chi connectivity index (χ0) is 25.1. The highest BCUT2D eigenvalue weighted by Crippen LogP contribution is 2.46. The van der Waals surface area contributed by atoms with Gasteiger partial charge in [0.15, 0.2) is 17.1 Å². The maximum atomic E-state index is 10.2. The molecule has 182 valence electrons. The molecule has 2 aromatic carbocycles. The molecule has 3 aromatic heterocycles. The van der Waals surface area contributed by atoms with Crippen LogP contribution in [0.4, 0.5) is 0 Å². The van der Waals surface area contributed by atoms with Crippen molar-refractivity contribution in [3.8, 4) is 22.5 Å². The summed E-state index contributed by atoms with van der Waals surface area (Å²) in [6.07, 6.45) is 1.10. The first-order chi connectivity index (χ1) is 17.2. The average molecular weight is 480 g/mol. The number of hydrogen-bond acceptors (Lipinski definition) is 7. The van der Waals surface area contributed by atoms with Crippen molar-refractivity contribution < 1.29 is 5.11 Å². The number of benzene rings is 2. The van der Waals surface area contributed by atoms with Gasteiger partial charge in [-0.05, 0) is 51.6 Å². The van der Waals surface area contributed by atoms with Gasteiger partial charge in [-0.2, -0.15) is 0 Å². The minimum Gasteiger partial charge on any atom is -0.390 e. The minimum atomic E-state index is -0.698. The largest absolute Gasteiger partial charge is 0.390 e. The van der Waals surface area contributed by atoms with Crippen LogP contribution in [-0.4, -0.2) is 54.3 Å². The van der Waals surface area contributed by atoms with Gasteiger partial charge in [0, 0.05) is 16.7 Å². The Labute approximate surface area is 209 Å². The van der Waals surface area contributed by atoms with Crippen LogP contribution in [0, 0.1) is 0 Å². The number of fused-ring (bicyclic) bond motifs is 3. The Kier molecular flexibility index (Phi) is 5.15. The zero-order valence-corrected chi connectivity index (χ0v) is 20.7. The number of aromatic nitrogens is 5. The molecule has 1 fully saturated rings. The highest BCUT2D eigenvalue weighted by atomic mass is 16.3. The van der Waals surface area contributed by atoms with E-state index in [0.29, 0.717) is 19.4 Å². The van der Waals surface area contributed by atoms with Gasteiger partial charge < -0.3 is 15.7 Å². The summed E-state index contributed by atoms with van der Waals surface area (Å²) in [5, 5.41) is 19.0. The van der Waals surface area contributed by atoms with Crippen molar-refractivity contribution in [1.82, 2.24) is 29.5 Å². The Balaban J connectivity index is 1.52. The molecule has 3 heterocycles. The lowest BCUT2D eigenvalue weighted by Gasteiger charge is -2.49. The van der Waals surface area contributed by atoms with Crippen molar-refractivity contribution in [1.29, 1.82) is 0 Å². The zero-order valence-electron chi connectivity index (χ0n) is 20.7. The SMILES string of the molecule is CN(C)Cc1nnc2ccc3nc(-c4ccc(C5(N)CC(C)(O)C5)cc4)c(-c4ccccc4)nc3n12. The van der Waals surface area contributed by atoms with Gasteiger partial charge in [-0.1, -0.05) is 54.6 Å². The molecule has 1 saturated carbocycles. The van der Waals surface area contributed by atoms with Crippen LogP contribution in [-0.2, 0) is 12.1 Å². The fourth-order valence-electron chi connectivity index (χ4n) is 5.39. The summed E-state index contributed by atoms with van der Waals surface area (Å²) in [7, 11) is 4.01. The van der Waals surface area contributed by atoms with Gasteiger partial charge in [-0.15, -0.1) is 10.2 Å². The molecule has 0 saturated heterocycles. The molecular weight excluding hydrogens is 450 g/mol. The molecule has 3 N–H and O–H groups in total. The van der Waals surface area contributed by atoms with Crippen molar-refractivity contribution in [2.75, 3.05) is 14.1 Å². The first-order valence-corrected chi connectivity index (χ1v) is 12.1. The Hall–Kier alpha value is -3.72. The van der Waals surface area contributed by atoms with E-state index in [0.717, 1.165) is 50.7 Å². The van der Waals surface area contributed by atoms with E-state index in [1.807, 2.05) is 92.1 Å². The molecule has 0 bridgehead atoms. The molecule has 0 atom stereocenters. The number of nitrogens with two attached hydrogens (primary N) is 1. The maximum absolute atomic E-state index is 10.2. The molecule has 0 aliphatic heterocycles. The van der Waals surface area contributed by atoms with Gasteiger partial charge in [-0.3, -0.25) is 4.40 Å². The van der Waals surface area contributed by atoms with E-state index in [1.54, 1.807) is 0 Å². The predicted octanol–water partition coefficient (Wildman–Crippen LogP) is 3.77. The van der Waals surface area contributed by atoms with Gasteiger partial charge in [-0.25, -0.2) is 9.97 Å². The Bertz CT molecular complexity index is 1570. The lowest BCUT2D eigenvalue weighted by molar-refractivity contribution is -0.0738. The van der Waals surface area contributed by atoms with E-state index in [1.165, 1.54) is 0 Å². The summed E-state index contributed by atoms with van der Waals surface area (Å²) >= 11 is 0. The van der Waals surface area contributed by atoms with Crippen molar-refractivity contribution >= 4 is 16.8 Å². The van der Waals surface area contributed by atoms with Gasteiger partial charge in [0.2, 0.25) is 0 Å². The molecule has 1 aliphatic rings. The predicted molar refractivity (Wildman–Crippen MR) is 140 cm³/mol. The second-order valence-corrected chi connectivity index (χ2v) is 10.5. The van der Waals surface area contributed by atoms with Gasteiger partial charge >= 0.3 is 0 Å². The van der Waals surface area contributed by atoms with Crippen molar-refractivity contribution in [2.45, 2.75) is 37.5 Å². The van der Waals surface area contributed by atoms with Crippen LogP contribution in [0.15, 0.2) is 66.7 Å². The van der Waals surface area contributed by atoms with Crippen LogP contribution in [0.5, 0.6) is 0 Å². The van der Waals surface area contributed by atoms with E-state index >= 15 is 0 Å². The summed E-state index contributed by atoms with van der Waals surface area (Å²) in [5.74, 6) is 0.815. The van der Waals surface area contributed by atoms with E-state index in [-0.39, 0.29) is 0 Å². The lowest BCUT2D eigenvalue weighted by Crippen LogP contribution is -2.58. The number of nitrogens with zero attached hydrogens (tertiary/aromatic N) is 6. The topological polar surface area (TPSA) is 105 Å². The summed E-state index contributed by atoms with van der Waals surface area (Å²) < 4.78 is 1.99. The lowest BCUT2D eigenvalue weighted by atomic mass is 9.63. The van der Waals surface area contributed by atoms with E-state index in [9.17, 15) is 5.11 Å². The first-order valence-electron chi connectivity index (χ1n) is 12.1. The second kappa shape index (κ2) is 8.16. The monoisotopic (exact) mass is 479 g/mol. The molecule has 0 amide bonds. The molecule has 0 radical (unpaired) electrons. The summed E-state index contributed by atoms with van der Waals surface area (Å²) in [6, 6.07) is 22.2.